The minimum absolute atomic E-state index is 0.169. The van der Waals surface area contributed by atoms with Crippen LogP contribution in [0.4, 0.5) is 0 Å². The molecule has 2 rings (SSSR count). The van der Waals surface area contributed by atoms with Gasteiger partial charge in [-0.05, 0) is 43.9 Å². The highest BCUT2D eigenvalue weighted by atomic mass is 16.2. The second kappa shape index (κ2) is 7.95. The van der Waals surface area contributed by atoms with Crippen LogP contribution in [0.3, 0.4) is 0 Å². The molecule has 0 aliphatic carbocycles. The zero-order valence-electron chi connectivity index (χ0n) is 14.1. The first-order valence-electron chi connectivity index (χ1n) is 8.76. The summed E-state index contributed by atoms with van der Waals surface area (Å²) >= 11 is 0. The molecular weight excluding hydrogens is 278 g/mol. The number of nitrogens with zero attached hydrogens (tertiary/aromatic N) is 2. The lowest BCUT2D eigenvalue weighted by Crippen LogP contribution is -2.49. The van der Waals surface area contributed by atoms with Crippen molar-refractivity contribution in [3.63, 3.8) is 0 Å². The molecule has 0 spiro atoms. The van der Waals surface area contributed by atoms with E-state index in [4.69, 9.17) is 5.73 Å². The molecule has 126 valence electrons. The van der Waals surface area contributed by atoms with E-state index in [2.05, 4.69) is 6.92 Å². The number of rotatable bonds is 4. The Morgan fingerprint density at radius 3 is 2.41 bits per heavy atom. The van der Waals surface area contributed by atoms with Crippen LogP contribution in [0.5, 0.6) is 0 Å². The Labute approximate surface area is 134 Å². The predicted molar refractivity (Wildman–Crippen MR) is 87.2 cm³/mol. The summed E-state index contributed by atoms with van der Waals surface area (Å²) in [6.07, 6.45) is 5.79. The number of piperidine rings is 2. The second-order valence-corrected chi connectivity index (χ2v) is 7.09. The molecule has 2 aliphatic heterocycles. The van der Waals surface area contributed by atoms with Crippen molar-refractivity contribution in [3.05, 3.63) is 0 Å². The Morgan fingerprint density at radius 1 is 1.14 bits per heavy atom. The Balaban J connectivity index is 1.75. The van der Waals surface area contributed by atoms with E-state index >= 15 is 0 Å². The van der Waals surface area contributed by atoms with Gasteiger partial charge in [0.05, 0.1) is 0 Å². The van der Waals surface area contributed by atoms with Crippen LogP contribution in [0, 0.1) is 11.8 Å². The molecule has 0 aromatic rings. The molecule has 0 saturated carbocycles. The van der Waals surface area contributed by atoms with Crippen molar-refractivity contribution >= 4 is 11.8 Å². The van der Waals surface area contributed by atoms with Crippen LogP contribution in [0.15, 0.2) is 0 Å². The van der Waals surface area contributed by atoms with Gasteiger partial charge in [-0.15, -0.1) is 0 Å². The molecule has 2 saturated heterocycles. The number of amides is 2. The van der Waals surface area contributed by atoms with Crippen molar-refractivity contribution in [2.24, 2.45) is 17.6 Å². The molecule has 22 heavy (non-hydrogen) atoms. The maximum atomic E-state index is 12.5. The van der Waals surface area contributed by atoms with Crippen molar-refractivity contribution in [3.8, 4) is 0 Å². The molecule has 0 aromatic heterocycles. The minimum Gasteiger partial charge on any atom is -0.343 e. The third-order valence-electron chi connectivity index (χ3n) is 5.40. The Morgan fingerprint density at radius 2 is 1.82 bits per heavy atom. The SMILES string of the molecule is CC(=O)N1CCC(CCC(=O)N2CCC(C)CC2CN)CC1. The lowest BCUT2D eigenvalue weighted by molar-refractivity contribution is -0.136. The highest BCUT2D eigenvalue weighted by Crippen LogP contribution is 2.25. The van der Waals surface area contributed by atoms with Crippen LogP contribution in [0.2, 0.25) is 0 Å². The van der Waals surface area contributed by atoms with Crippen molar-refractivity contribution in [1.82, 2.24) is 9.80 Å². The number of hydrogen-bond acceptors (Lipinski definition) is 3. The fourth-order valence-electron chi connectivity index (χ4n) is 3.81. The third-order valence-corrected chi connectivity index (χ3v) is 5.40. The molecule has 2 N–H and O–H groups in total. The van der Waals surface area contributed by atoms with E-state index in [0.29, 0.717) is 24.8 Å². The monoisotopic (exact) mass is 309 g/mol. The van der Waals surface area contributed by atoms with E-state index in [9.17, 15) is 9.59 Å². The fraction of sp³-hybridized carbons (Fsp3) is 0.882. The van der Waals surface area contributed by atoms with E-state index in [1.54, 1.807) is 6.92 Å². The summed E-state index contributed by atoms with van der Waals surface area (Å²) in [7, 11) is 0. The standard InChI is InChI=1S/C17H31N3O2/c1-13-5-10-20(16(11-13)12-18)17(22)4-3-15-6-8-19(9-7-15)14(2)21/h13,15-16H,3-12,18H2,1-2H3. The van der Waals surface area contributed by atoms with Gasteiger partial charge >= 0.3 is 0 Å². The summed E-state index contributed by atoms with van der Waals surface area (Å²) in [5.41, 5.74) is 5.84. The van der Waals surface area contributed by atoms with Crippen LogP contribution in [-0.4, -0.2) is 53.8 Å². The van der Waals surface area contributed by atoms with Gasteiger partial charge in [-0.2, -0.15) is 0 Å². The quantitative estimate of drug-likeness (QED) is 0.858. The molecule has 5 heteroatoms. The maximum Gasteiger partial charge on any atom is 0.222 e. The lowest BCUT2D eigenvalue weighted by Gasteiger charge is -2.38. The maximum absolute atomic E-state index is 12.5. The van der Waals surface area contributed by atoms with E-state index in [1.807, 2.05) is 9.80 Å². The summed E-state index contributed by atoms with van der Waals surface area (Å²) in [6, 6.07) is 0.232. The molecule has 2 atom stereocenters. The largest absolute Gasteiger partial charge is 0.343 e. The highest BCUT2D eigenvalue weighted by molar-refractivity contribution is 5.76. The molecule has 0 radical (unpaired) electrons. The summed E-state index contributed by atoms with van der Waals surface area (Å²) < 4.78 is 0. The molecule has 2 aliphatic rings. The Kier molecular flexibility index (Phi) is 6.24. The van der Waals surface area contributed by atoms with Crippen molar-refractivity contribution in [1.29, 1.82) is 0 Å². The van der Waals surface area contributed by atoms with Crippen molar-refractivity contribution in [2.45, 2.75) is 58.4 Å². The molecule has 2 unspecified atom stereocenters. The van der Waals surface area contributed by atoms with Crippen LogP contribution < -0.4 is 5.73 Å². The van der Waals surface area contributed by atoms with Crippen LogP contribution in [-0.2, 0) is 9.59 Å². The molecule has 2 fully saturated rings. The van der Waals surface area contributed by atoms with Gasteiger partial charge in [0.15, 0.2) is 0 Å². The smallest absolute Gasteiger partial charge is 0.222 e. The van der Waals surface area contributed by atoms with Gasteiger partial charge in [0.1, 0.15) is 0 Å². The Bertz CT molecular complexity index is 391. The zero-order valence-corrected chi connectivity index (χ0v) is 14.1. The minimum atomic E-state index is 0.169. The average Bonchev–Trinajstić information content (AvgIpc) is 2.52. The van der Waals surface area contributed by atoms with Gasteiger partial charge in [-0.3, -0.25) is 9.59 Å². The summed E-state index contributed by atoms with van der Waals surface area (Å²) in [4.78, 5) is 27.8. The first-order chi connectivity index (χ1) is 10.5. The topological polar surface area (TPSA) is 66.6 Å². The highest BCUT2D eigenvalue weighted by Gasteiger charge is 2.29. The molecular formula is C17H31N3O2. The second-order valence-electron chi connectivity index (χ2n) is 7.09. The number of carbonyl (C=O) groups excluding carboxylic acids is 2. The molecule has 0 bridgehead atoms. The lowest BCUT2D eigenvalue weighted by atomic mass is 9.90. The fourth-order valence-corrected chi connectivity index (χ4v) is 3.81. The molecule has 0 aromatic carbocycles. The van der Waals surface area contributed by atoms with Gasteiger partial charge < -0.3 is 15.5 Å². The van der Waals surface area contributed by atoms with Gasteiger partial charge in [-0.1, -0.05) is 6.92 Å². The van der Waals surface area contributed by atoms with Crippen LogP contribution in [0.25, 0.3) is 0 Å². The predicted octanol–water partition coefficient (Wildman–Crippen LogP) is 1.61. The summed E-state index contributed by atoms with van der Waals surface area (Å²) in [5, 5.41) is 0. The number of carbonyl (C=O) groups is 2. The first kappa shape index (κ1) is 17.3. The summed E-state index contributed by atoms with van der Waals surface area (Å²) in [5.74, 6) is 1.70. The van der Waals surface area contributed by atoms with Crippen molar-refractivity contribution in [2.75, 3.05) is 26.2 Å². The van der Waals surface area contributed by atoms with E-state index in [1.165, 1.54) is 0 Å². The van der Waals surface area contributed by atoms with Gasteiger partial charge in [0.2, 0.25) is 11.8 Å². The van der Waals surface area contributed by atoms with Gasteiger partial charge in [0.25, 0.3) is 0 Å². The van der Waals surface area contributed by atoms with Crippen molar-refractivity contribution < 1.29 is 9.59 Å². The molecule has 2 amide bonds. The number of likely N-dealkylation sites (tertiary alicyclic amines) is 2. The van der Waals surface area contributed by atoms with E-state index in [-0.39, 0.29) is 17.9 Å². The van der Waals surface area contributed by atoms with Crippen LogP contribution in [0.1, 0.15) is 52.4 Å². The first-order valence-corrected chi connectivity index (χ1v) is 8.76. The van der Waals surface area contributed by atoms with E-state index in [0.717, 1.165) is 51.7 Å². The average molecular weight is 309 g/mol. The molecule has 5 nitrogen and oxygen atoms in total. The number of hydrogen-bond donors (Lipinski definition) is 1. The molecule has 2 heterocycles. The summed E-state index contributed by atoms with van der Waals surface area (Å²) in [6.45, 7) is 7.01. The van der Waals surface area contributed by atoms with E-state index < -0.39 is 0 Å². The Hall–Kier alpha value is -1.10. The third kappa shape index (κ3) is 4.45. The van der Waals surface area contributed by atoms with Gasteiger partial charge in [0, 0.05) is 45.6 Å². The number of nitrogens with two attached hydrogens (primary N) is 1. The van der Waals surface area contributed by atoms with Gasteiger partial charge in [-0.25, -0.2) is 0 Å². The normalized spacial score (nSPS) is 27.0. The zero-order chi connectivity index (χ0) is 16.1. The van der Waals surface area contributed by atoms with Crippen LogP contribution >= 0.6 is 0 Å².